The first-order valence-corrected chi connectivity index (χ1v) is 11.9. The van der Waals surface area contributed by atoms with Crippen molar-refractivity contribution in [2.45, 2.75) is 44.1 Å². The second-order valence-electron chi connectivity index (χ2n) is 8.34. The Morgan fingerprint density at radius 1 is 1.03 bits per heavy atom. The van der Waals surface area contributed by atoms with Crippen LogP contribution in [0.1, 0.15) is 60.3 Å². The number of benzene rings is 1. The molecule has 0 spiro atoms. The van der Waals surface area contributed by atoms with Gasteiger partial charge in [-0.1, -0.05) is 17.3 Å². The van der Waals surface area contributed by atoms with E-state index in [0.717, 1.165) is 35.4 Å². The average Bonchev–Trinajstić information content (AvgIpc) is 3.33. The molecule has 3 aromatic rings. The third-order valence-electron chi connectivity index (χ3n) is 5.83. The Labute approximate surface area is 213 Å². The third kappa shape index (κ3) is 6.11. The van der Waals surface area contributed by atoms with Crippen molar-refractivity contribution in [3.8, 4) is 0 Å². The number of carbonyl (C=O) groups is 3. The van der Waals surface area contributed by atoms with Gasteiger partial charge < -0.3 is 20.5 Å². The van der Waals surface area contributed by atoms with Crippen LogP contribution in [0, 0.1) is 0 Å². The van der Waals surface area contributed by atoms with Crippen LogP contribution in [0.3, 0.4) is 0 Å². The summed E-state index contributed by atoms with van der Waals surface area (Å²) in [7, 11) is 0. The summed E-state index contributed by atoms with van der Waals surface area (Å²) in [6, 6.07) is 11.2. The van der Waals surface area contributed by atoms with Crippen molar-refractivity contribution in [2.75, 3.05) is 10.6 Å². The number of alkyl halides is 2. The molecule has 188 valence electrons. The van der Waals surface area contributed by atoms with E-state index in [1.807, 2.05) is 0 Å². The number of carbonyl (C=O) groups excluding carboxylic acids is 3. The van der Waals surface area contributed by atoms with Crippen LogP contribution in [0.4, 0.5) is 20.3 Å². The van der Waals surface area contributed by atoms with Gasteiger partial charge in [-0.05, 0) is 65.0 Å². The van der Waals surface area contributed by atoms with Crippen molar-refractivity contribution in [2.24, 2.45) is 0 Å². The van der Waals surface area contributed by atoms with E-state index in [1.54, 1.807) is 42.6 Å². The van der Waals surface area contributed by atoms with E-state index < -0.39 is 23.6 Å². The van der Waals surface area contributed by atoms with Gasteiger partial charge in [0.25, 0.3) is 12.3 Å². The Balaban J connectivity index is 1.31. The van der Waals surface area contributed by atoms with E-state index in [9.17, 15) is 23.2 Å². The number of nitrogens with one attached hydrogen (secondary N) is 3. The second kappa shape index (κ2) is 10.9. The maximum atomic E-state index is 12.6. The molecule has 0 bridgehead atoms. The predicted molar refractivity (Wildman–Crippen MR) is 129 cm³/mol. The molecule has 1 aliphatic carbocycles. The van der Waals surface area contributed by atoms with Crippen LogP contribution in [0.5, 0.6) is 0 Å². The van der Waals surface area contributed by atoms with E-state index in [1.165, 1.54) is 0 Å². The zero-order chi connectivity index (χ0) is 25.7. The van der Waals surface area contributed by atoms with Crippen LogP contribution in [0.2, 0.25) is 0 Å². The van der Waals surface area contributed by atoms with Crippen LogP contribution in [0.25, 0.3) is 0 Å². The highest BCUT2D eigenvalue weighted by atomic mass is 79.9. The van der Waals surface area contributed by atoms with Gasteiger partial charge in [-0.3, -0.25) is 14.4 Å². The van der Waals surface area contributed by atoms with E-state index in [0.29, 0.717) is 11.5 Å². The minimum Gasteiger partial charge on any atom is -0.351 e. The molecule has 0 saturated heterocycles. The number of hydrogen-bond donors (Lipinski definition) is 3. The normalized spacial score (nSPS) is 14.1. The van der Waals surface area contributed by atoms with Crippen molar-refractivity contribution >= 4 is 45.2 Å². The summed E-state index contributed by atoms with van der Waals surface area (Å²) >= 11 is 3.27. The Morgan fingerprint density at radius 2 is 1.75 bits per heavy atom. The van der Waals surface area contributed by atoms with Crippen molar-refractivity contribution in [1.29, 1.82) is 0 Å². The lowest BCUT2D eigenvalue weighted by Crippen LogP contribution is -2.50. The number of hydrogen-bond acceptors (Lipinski definition) is 6. The van der Waals surface area contributed by atoms with Crippen LogP contribution in [0.15, 0.2) is 57.7 Å². The molecule has 12 heteroatoms. The molecule has 4 rings (SSSR count). The lowest BCUT2D eigenvalue weighted by Gasteiger charge is -2.43. The lowest BCUT2D eigenvalue weighted by atomic mass is 9.71. The Hall–Kier alpha value is -3.67. The van der Waals surface area contributed by atoms with Gasteiger partial charge in [0.15, 0.2) is 5.69 Å². The lowest BCUT2D eigenvalue weighted by molar-refractivity contribution is -0.126. The molecule has 3 N–H and O–H groups in total. The molecule has 2 aromatic heterocycles. The standard InChI is InChI=1S/C24H22BrF2N5O4/c25-15-4-7-19(28-13-15)30-20(33)8-9-21(34)31-24(10-1-11-24)14-2-5-16(6-3-14)29-23(35)18-12-17(22(26)27)32-36-18/h2-7,12-13,22H,1,8-11H2,(H,29,35)(H,31,34)(H,28,30,33). The number of pyridine rings is 1. The molecule has 1 aliphatic rings. The molecule has 36 heavy (non-hydrogen) atoms. The largest absolute Gasteiger partial charge is 0.351 e. The molecule has 0 atom stereocenters. The molecular formula is C24H22BrF2N5O4. The molecule has 9 nitrogen and oxygen atoms in total. The van der Waals surface area contributed by atoms with Gasteiger partial charge in [0.2, 0.25) is 17.6 Å². The quantitative estimate of drug-likeness (QED) is 0.340. The van der Waals surface area contributed by atoms with E-state index in [-0.39, 0.29) is 30.4 Å². The zero-order valence-electron chi connectivity index (χ0n) is 18.9. The highest BCUT2D eigenvalue weighted by molar-refractivity contribution is 9.10. The highest BCUT2D eigenvalue weighted by Gasteiger charge is 2.39. The van der Waals surface area contributed by atoms with Crippen molar-refractivity contribution in [3.63, 3.8) is 0 Å². The van der Waals surface area contributed by atoms with Gasteiger partial charge >= 0.3 is 0 Å². The van der Waals surface area contributed by atoms with E-state index >= 15 is 0 Å². The van der Waals surface area contributed by atoms with E-state index in [4.69, 9.17) is 0 Å². The summed E-state index contributed by atoms with van der Waals surface area (Å²) < 4.78 is 30.7. The Bertz CT molecular complexity index is 1240. The van der Waals surface area contributed by atoms with Crippen molar-refractivity contribution < 1.29 is 27.7 Å². The van der Waals surface area contributed by atoms with Gasteiger partial charge in [-0.15, -0.1) is 0 Å². The SMILES string of the molecule is O=C(CCC(=O)NC1(c2ccc(NC(=O)c3cc(C(F)F)no3)cc2)CCC1)Nc1ccc(Br)cn1. The minimum atomic E-state index is -2.83. The van der Waals surface area contributed by atoms with Gasteiger partial charge in [-0.2, -0.15) is 0 Å². The highest BCUT2D eigenvalue weighted by Crippen LogP contribution is 2.41. The fraction of sp³-hybridized carbons (Fsp3) is 0.292. The Morgan fingerprint density at radius 3 is 2.33 bits per heavy atom. The smallest absolute Gasteiger partial charge is 0.294 e. The van der Waals surface area contributed by atoms with Gasteiger partial charge in [-0.25, -0.2) is 13.8 Å². The summed E-state index contributed by atoms with van der Waals surface area (Å²) in [5.41, 5.74) is 0.141. The number of halogens is 3. The number of anilines is 2. The Kier molecular flexibility index (Phi) is 7.73. The predicted octanol–water partition coefficient (Wildman–Crippen LogP) is 4.94. The monoisotopic (exact) mass is 561 g/mol. The second-order valence-corrected chi connectivity index (χ2v) is 9.26. The van der Waals surface area contributed by atoms with Crippen molar-refractivity contribution in [3.05, 3.63) is 70.2 Å². The minimum absolute atomic E-state index is 0.0134. The first-order chi connectivity index (χ1) is 17.2. The summed E-state index contributed by atoms with van der Waals surface area (Å²) in [5.74, 6) is -1.17. The van der Waals surface area contributed by atoms with Crippen LogP contribution >= 0.6 is 15.9 Å². The van der Waals surface area contributed by atoms with Gasteiger partial charge in [0, 0.05) is 35.3 Å². The first-order valence-electron chi connectivity index (χ1n) is 11.1. The van der Waals surface area contributed by atoms with Gasteiger partial charge in [0.1, 0.15) is 5.82 Å². The first kappa shape index (κ1) is 25.4. The van der Waals surface area contributed by atoms with Crippen LogP contribution < -0.4 is 16.0 Å². The fourth-order valence-electron chi connectivity index (χ4n) is 3.79. The maximum Gasteiger partial charge on any atom is 0.294 e. The number of nitrogens with zero attached hydrogens (tertiary/aromatic N) is 2. The van der Waals surface area contributed by atoms with Crippen molar-refractivity contribution in [1.82, 2.24) is 15.5 Å². The molecule has 3 amide bonds. The molecule has 0 radical (unpaired) electrons. The number of amides is 3. The zero-order valence-corrected chi connectivity index (χ0v) is 20.5. The topological polar surface area (TPSA) is 126 Å². The number of aromatic nitrogens is 2. The summed E-state index contributed by atoms with van der Waals surface area (Å²) in [4.78, 5) is 41.1. The molecule has 1 aromatic carbocycles. The molecule has 0 aliphatic heterocycles. The molecule has 2 heterocycles. The average molecular weight is 562 g/mol. The summed E-state index contributed by atoms with van der Waals surface area (Å²) in [6.07, 6.45) is 1.20. The third-order valence-corrected chi connectivity index (χ3v) is 6.30. The van der Waals surface area contributed by atoms with E-state index in [2.05, 4.69) is 46.5 Å². The van der Waals surface area contributed by atoms with Crippen LogP contribution in [-0.4, -0.2) is 27.9 Å². The molecule has 1 fully saturated rings. The van der Waals surface area contributed by atoms with Gasteiger partial charge in [0.05, 0.1) is 5.54 Å². The molecule has 1 saturated carbocycles. The fourth-order valence-corrected chi connectivity index (χ4v) is 4.03. The van der Waals surface area contributed by atoms with Crippen LogP contribution in [-0.2, 0) is 15.1 Å². The summed E-state index contributed by atoms with van der Waals surface area (Å²) in [6.45, 7) is 0. The molecular weight excluding hydrogens is 540 g/mol. The number of rotatable bonds is 9. The maximum absolute atomic E-state index is 12.6. The molecule has 0 unspecified atom stereocenters. The summed E-state index contributed by atoms with van der Waals surface area (Å²) in [5, 5.41) is 11.4.